The number of hydrogen-bond donors (Lipinski definition) is 1. The first-order chi connectivity index (χ1) is 13.1. The van der Waals surface area contributed by atoms with Gasteiger partial charge in [-0.25, -0.2) is 9.97 Å². The van der Waals surface area contributed by atoms with Crippen molar-refractivity contribution < 1.29 is 9.32 Å². The van der Waals surface area contributed by atoms with Crippen molar-refractivity contribution in [2.45, 2.75) is 19.8 Å². The predicted molar refractivity (Wildman–Crippen MR) is 99.1 cm³/mol. The van der Waals surface area contributed by atoms with Gasteiger partial charge in [-0.1, -0.05) is 17.3 Å². The van der Waals surface area contributed by atoms with E-state index in [1.807, 2.05) is 36.9 Å². The van der Waals surface area contributed by atoms with Gasteiger partial charge in [0.2, 0.25) is 23.4 Å². The molecule has 2 aromatic heterocycles. The van der Waals surface area contributed by atoms with Gasteiger partial charge in [-0.05, 0) is 37.1 Å². The van der Waals surface area contributed by atoms with Crippen LogP contribution < -0.4 is 5.32 Å². The zero-order valence-electron chi connectivity index (χ0n) is 15.2. The number of rotatable bonds is 5. The quantitative estimate of drug-likeness (QED) is 0.741. The van der Waals surface area contributed by atoms with Gasteiger partial charge in [0.05, 0.1) is 12.5 Å². The number of anilines is 1. The molecule has 1 fully saturated rings. The second kappa shape index (κ2) is 7.24. The van der Waals surface area contributed by atoms with Crippen LogP contribution in [-0.4, -0.2) is 50.5 Å². The first-order valence-corrected chi connectivity index (χ1v) is 8.79. The Morgan fingerprint density at radius 3 is 2.74 bits per heavy atom. The van der Waals surface area contributed by atoms with E-state index in [2.05, 4.69) is 25.4 Å². The summed E-state index contributed by atoms with van der Waals surface area (Å²) in [6.07, 6.45) is 3.27. The Morgan fingerprint density at radius 1 is 1.19 bits per heavy atom. The van der Waals surface area contributed by atoms with Gasteiger partial charge in [0.15, 0.2) is 0 Å². The number of likely N-dealkylation sites (tertiary alicyclic amines) is 1. The van der Waals surface area contributed by atoms with Crippen molar-refractivity contribution >= 4 is 11.6 Å². The Bertz CT molecular complexity index is 950. The molecule has 3 aromatic rings. The van der Waals surface area contributed by atoms with Crippen molar-refractivity contribution in [1.82, 2.24) is 25.0 Å². The molecule has 0 unspecified atom stereocenters. The molecule has 27 heavy (non-hydrogen) atoms. The minimum absolute atomic E-state index is 0.0222. The summed E-state index contributed by atoms with van der Waals surface area (Å²) >= 11 is 0. The van der Waals surface area contributed by atoms with Crippen LogP contribution in [0.4, 0.5) is 5.69 Å². The first kappa shape index (κ1) is 17.3. The molecule has 1 amide bonds. The van der Waals surface area contributed by atoms with Crippen LogP contribution >= 0.6 is 0 Å². The molecule has 1 aromatic carbocycles. The molecule has 0 radical (unpaired) electrons. The lowest BCUT2D eigenvalue weighted by Crippen LogP contribution is -2.48. The van der Waals surface area contributed by atoms with Crippen LogP contribution in [0.25, 0.3) is 11.6 Å². The van der Waals surface area contributed by atoms with Crippen molar-refractivity contribution in [2.75, 3.05) is 25.0 Å². The number of nitrogens with zero attached hydrogens (tertiary/aromatic N) is 5. The summed E-state index contributed by atoms with van der Waals surface area (Å²) in [5, 5.41) is 6.92. The fourth-order valence-electron chi connectivity index (χ4n) is 3.04. The Balaban J connectivity index is 1.30. The van der Waals surface area contributed by atoms with Gasteiger partial charge in [-0.2, -0.15) is 4.98 Å². The van der Waals surface area contributed by atoms with E-state index in [0.717, 1.165) is 16.8 Å². The van der Waals surface area contributed by atoms with Crippen LogP contribution in [0.5, 0.6) is 0 Å². The maximum Gasteiger partial charge on any atom is 0.240 e. The highest BCUT2D eigenvalue weighted by Crippen LogP contribution is 2.27. The molecule has 0 saturated carbocycles. The van der Waals surface area contributed by atoms with Gasteiger partial charge in [-0.3, -0.25) is 9.69 Å². The van der Waals surface area contributed by atoms with Gasteiger partial charge >= 0.3 is 0 Å². The number of carbonyl (C=O) groups excluding carboxylic acids is 1. The van der Waals surface area contributed by atoms with E-state index in [1.165, 1.54) is 0 Å². The van der Waals surface area contributed by atoms with E-state index >= 15 is 0 Å². The molecule has 1 aliphatic rings. The normalized spacial score (nSPS) is 14.7. The fourth-order valence-corrected chi connectivity index (χ4v) is 3.04. The lowest BCUT2D eigenvalue weighted by atomic mass is 10.0. The Morgan fingerprint density at radius 2 is 1.96 bits per heavy atom. The summed E-state index contributed by atoms with van der Waals surface area (Å²) in [6, 6.07) is 7.63. The van der Waals surface area contributed by atoms with E-state index in [9.17, 15) is 4.79 Å². The van der Waals surface area contributed by atoms with Crippen molar-refractivity contribution in [1.29, 1.82) is 0 Å². The maximum absolute atomic E-state index is 12.3. The molecule has 1 N–H and O–H groups in total. The fraction of sp³-hybridized carbons (Fsp3) is 0.316. The largest absolute Gasteiger partial charge is 0.338 e. The first-order valence-electron chi connectivity index (χ1n) is 8.79. The molecular formula is C19H20N6O2. The number of benzene rings is 1. The van der Waals surface area contributed by atoms with E-state index in [1.54, 1.807) is 18.5 Å². The molecule has 0 spiro atoms. The van der Waals surface area contributed by atoms with Crippen LogP contribution in [-0.2, 0) is 4.79 Å². The molecule has 138 valence electrons. The zero-order chi connectivity index (χ0) is 18.8. The minimum atomic E-state index is -0.0222. The number of carbonyl (C=O) groups is 1. The van der Waals surface area contributed by atoms with Crippen molar-refractivity contribution in [3.63, 3.8) is 0 Å². The Kier molecular flexibility index (Phi) is 4.64. The van der Waals surface area contributed by atoms with Crippen LogP contribution in [0.2, 0.25) is 0 Å². The van der Waals surface area contributed by atoms with Crippen molar-refractivity contribution in [3.8, 4) is 11.6 Å². The van der Waals surface area contributed by atoms with E-state index in [0.29, 0.717) is 37.2 Å². The third-order valence-electron chi connectivity index (χ3n) is 4.76. The maximum atomic E-state index is 12.3. The molecule has 8 nitrogen and oxygen atoms in total. The number of hydrogen-bond acceptors (Lipinski definition) is 7. The minimum Gasteiger partial charge on any atom is -0.338 e. The topological polar surface area (TPSA) is 97.0 Å². The Labute approximate surface area is 156 Å². The lowest BCUT2D eigenvalue weighted by Gasteiger charge is -2.36. The molecule has 1 saturated heterocycles. The third kappa shape index (κ3) is 3.70. The summed E-state index contributed by atoms with van der Waals surface area (Å²) in [6.45, 7) is 5.79. The number of aromatic nitrogens is 4. The highest BCUT2D eigenvalue weighted by Gasteiger charge is 2.33. The number of amides is 1. The molecule has 0 bridgehead atoms. The SMILES string of the molecule is Cc1cccc(NC(=O)CN2CC(c3nc(-c4ncccn4)no3)C2)c1C. The lowest BCUT2D eigenvalue weighted by molar-refractivity contribution is -0.118. The van der Waals surface area contributed by atoms with Crippen LogP contribution in [0.3, 0.4) is 0 Å². The summed E-state index contributed by atoms with van der Waals surface area (Å²) in [4.78, 5) is 26.9. The average Bonchev–Trinajstić information content (AvgIpc) is 3.12. The molecule has 4 rings (SSSR count). The van der Waals surface area contributed by atoms with Crippen LogP contribution in [0, 0.1) is 13.8 Å². The van der Waals surface area contributed by atoms with Gasteiger partial charge in [0.1, 0.15) is 0 Å². The predicted octanol–water partition coefficient (Wildman–Crippen LogP) is 2.18. The molecular weight excluding hydrogens is 344 g/mol. The van der Waals surface area contributed by atoms with E-state index < -0.39 is 0 Å². The highest BCUT2D eigenvalue weighted by atomic mass is 16.5. The molecule has 8 heteroatoms. The molecule has 3 heterocycles. The zero-order valence-corrected chi connectivity index (χ0v) is 15.2. The summed E-state index contributed by atoms with van der Waals surface area (Å²) in [5.41, 5.74) is 3.11. The average molecular weight is 364 g/mol. The Hall–Kier alpha value is -3.13. The van der Waals surface area contributed by atoms with Gasteiger partial charge < -0.3 is 9.84 Å². The van der Waals surface area contributed by atoms with Crippen LogP contribution in [0.15, 0.2) is 41.2 Å². The van der Waals surface area contributed by atoms with Gasteiger partial charge in [0.25, 0.3) is 0 Å². The standard InChI is InChI=1S/C19H20N6O2/c1-12-5-3-6-15(13(12)2)22-16(26)11-25-9-14(10-25)19-23-18(24-27-19)17-20-7-4-8-21-17/h3-8,14H,9-11H2,1-2H3,(H,22,26). The van der Waals surface area contributed by atoms with E-state index in [-0.39, 0.29) is 11.8 Å². The van der Waals surface area contributed by atoms with Crippen molar-refractivity contribution in [3.05, 3.63) is 53.7 Å². The van der Waals surface area contributed by atoms with E-state index in [4.69, 9.17) is 4.52 Å². The molecule has 0 aliphatic carbocycles. The summed E-state index contributed by atoms with van der Waals surface area (Å²) < 4.78 is 5.33. The number of aryl methyl sites for hydroxylation is 1. The van der Waals surface area contributed by atoms with Gasteiger partial charge in [-0.15, -0.1) is 0 Å². The van der Waals surface area contributed by atoms with Crippen molar-refractivity contribution in [2.24, 2.45) is 0 Å². The second-order valence-corrected chi connectivity index (χ2v) is 6.72. The van der Waals surface area contributed by atoms with Gasteiger partial charge in [0, 0.05) is 31.2 Å². The number of nitrogens with one attached hydrogen (secondary N) is 1. The summed E-state index contributed by atoms with van der Waals surface area (Å²) in [7, 11) is 0. The monoisotopic (exact) mass is 364 g/mol. The smallest absolute Gasteiger partial charge is 0.240 e. The second-order valence-electron chi connectivity index (χ2n) is 6.72. The summed E-state index contributed by atoms with van der Waals surface area (Å²) in [5.74, 6) is 1.49. The van der Waals surface area contributed by atoms with Crippen LogP contribution in [0.1, 0.15) is 22.9 Å². The highest BCUT2D eigenvalue weighted by molar-refractivity contribution is 5.93. The molecule has 1 aliphatic heterocycles. The molecule has 0 atom stereocenters. The third-order valence-corrected chi connectivity index (χ3v) is 4.76.